The summed E-state index contributed by atoms with van der Waals surface area (Å²) < 4.78 is 10.1. The maximum atomic E-state index is 11.6. The zero-order valence-corrected chi connectivity index (χ0v) is 10.6. The number of esters is 1. The SMILES string of the molecule is CCC(CC)CN1CCOCC1C(=O)OC. The van der Waals surface area contributed by atoms with E-state index in [1.54, 1.807) is 0 Å². The summed E-state index contributed by atoms with van der Waals surface area (Å²) in [4.78, 5) is 13.8. The molecule has 4 nitrogen and oxygen atoms in total. The molecule has 1 fully saturated rings. The van der Waals surface area contributed by atoms with E-state index in [0.29, 0.717) is 19.1 Å². The van der Waals surface area contributed by atoms with Crippen molar-refractivity contribution in [2.45, 2.75) is 32.7 Å². The zero-order valence-electron chi connectivity index (χ0n) is 10.6. The second kappa shape index (κ2) is 6.86. The molecule has 0 bridgehead atoms. The Morgan fingerprint density at radius 3 is 2.75 bits per heavy atom. The lowest BCUT2D eigenvalue weighted by Gasteiger charge is -2.35. The molecule has 0 amide bonds. The van der Waals surface area contributed by atoms with Gasteiger partial charge in [0.25, 0.3) is 0 Å². The van der Waals surface area contributed by atoms with Gasteiger partial charge < -0.3 is 9.47 Å². The van der Waals surface area contributed by atoms with Gasteiger partial charge in [-0.25, -0.2) is 0 Å². The largest absolute Gasteiger partial charge is 0.468 e. The second-order valence-electron chi connectivity index (χ2n) is 4.29. The van der Waals surface area contributed by atoms with Gasteiger partial charge in [0.1, 0.15) is 6.04 Å². The van der Waals surface area contributed by atoms with Crippen LogP contribution >= 0.6 is 0 Å². The number of carbonyl (C=O) groups excluding carboxylic acids is 1. The van der Waals surface area contributed by atoms with Crippen LogP contribution in [0.2, 0.25) is 0 Å². The van der Waals surface area contributed by atoms with Crippen molar-refractivity contribution < 1.29 is 14.3 Å². The van der Waals surface area contributed by atoms with E-state index in [4.69, 9.17) is 9.47 Å². The van der Waals surface area contributed by atoms with Gasteiger partial charge in [-0.3, -0.25) is 9.69 Å². The summed E-state index contributed by atoms with van der Waals surface area (Å²) in [5, 5.41) is 0. The molecule has 16 heavy (non-hydrogen) atoms. The fourth-order valence-electron chi connectivity index (χ4n) is 2.09. The van der Waals surface area contributed by atoms with Crippen LogP contribution in [0.15, 0.2) is 0 Å². The molecule has 0 spiro atoms. The first-order valence-corrected chi connectivity index (χ1v) is 6.12. The number of carbonyl (C=O) groups is 1. The molecule has 1 aliphatic rings. The van der Waals surface area contributed by atoms with Gasteiger partial charge in [-0.05, 0) is 5.92 Å². The van der Waals surface area contributed by atoms with Crippen molar-refractivity contribution in [1.82, 2.24) is 4.90 Å². The quantitative estimate of drug-likeness (QED) is 0.666. The van der Waals surface area contributed by atoms with E-state index in [2.05, 4.69) is 18.7 Å². The first-order chi connectivity index (χ1) is 7.72. The van der Waals surface area contributed by atoms with Crippen molar-refractivity contribution in [3.63, 3.8) is 0 Å². The molecule has 1 rings (SSSR count). The fourth-order valence-corrected chi connectivity index (χ4v) is 2.09. The van der Waals surface area contributed by atoms with E-state index in [1.807, 2.05) is 0 Å². The van der Waals surface area contributed by atoms with Crippen LogP contribution in [0.25, 0.3) is 0 Å². The van der Waals surface area contributed by atoms with E-state index in [0.717, 1.165) is 25.9 Å². The molecule has 0 aromatic heterocycles. The van der Waals surface area contributed by atoms with E-state index in [-0.39, 0.29) is 12.0 Å². The predicted molar refractivity (Wildman–Crippen MR) is 62.3 cm³/mol. The van der Waals surface area contributed by atoms with Gasteiger partial charge in [-0.1, -0.05) is 26.7 Å². The van der Waals surface area contributed by atoms with Crippen LogP contribution < -0.4 is 0 Å². The minimum absolute atomic E-state index is 0.175. The minimum Gasteiger partial charge on any atom is -0.468 e. The van der Waals surface area contributed by atoms with Gasteiger partial charge >= 0.3 is 5.97 Å². The molecule has 0 saturated carbocycles. The van der Waals surface area contributed by atoms with E-state index in [1.165, 1.54) is 7.11 Å². The molecular formula is C12H23NO3. The summed E-state index contributed by atoms with van der Waals surface area (Å²) in [5.41, 5.74) is 0. The minimum atomic E-state index is -0.209. The lowest BCUT2D eigenvalue weighted by Crippen LogP contribution is -2.51. The van der Waals surface area contributed by atoms with Gasteiger partial charge in [0.2, 0.25) is 0 Å². The number of morpholine rings is 1. The smallest absolute Gasteiger partial charge is 0.325 e. The molecule has 0 N–H and O–H groups in total. The Balaban J connectivity index is 2.55. The molecular weight excluding hydrogens is 206 g/mol. The Morgan fingerprint density at radius 1 is 1.50 bits per heavy atom. The van der Waals surface area contributed by atoms with Gasteiger partial charge in [0.05, 0.1) is 20.3 Å². The lowest BCUT2D eigenvalue weighted by molar-refractivity contribution is -0.153. The maximum Gasteiger partial charge on any atom is 0.325 e. The van der Waals surface area contributed by atoms with Crippen LogP contribution in [-0.4, -0.2) is 50.3 Å². The third-order valence-electron chi connectivity index (χ3n) is 3.36. The molecule has 94 valence electrons. The van der Waals surface area contributed by atoms with Gasteiger partial charge in [0, 0.05) is 13.1 Å². The van der Waals surface area contributed by atoms with Gasteiger partial charge in [0.15, 0.2) is 0 Å². The van der Waals surface area contributed by atoms with Crippen molar-refractivity contribution in [3.05, 3.63) is 0 Å². The molecule has 1 unspecified atom stereocenters. The topological polar surface area (TPSA) is 38.8 Å². The predicted octanol–water partition coefficient (Wildman–Crippen LogP) is 1.30. The van der Waals surface area contributed by atoms with Gasteiger partial charge in [-0.2, -0.15) is 0 Å². The monoisotopic (exact) mass is 229 g/mol. The van der Waals surface area contributed by atoms with Crippen LogP contribution in [0, 0.1) is 5.92 Å². The zero-order chi connectivity index (χ0) is 12.0. The molecule has 1 aliphatic heterocycles. The average Bonchev–Trinajstić information content (AvgIpc) is 2.35. The molecule has 0 aromatic rings. The third-order valence-corrected chi connectivity index (χ3v) is 3.36. The van der Waals surface area contributed by atoms with Crippen molar-refractivity contribution in [2.75, 3.05) is 33.4 Å². The van der Waals surface area contributed by atoms with Crippen molar-refractivity contribution in [3.8, 4) is 0 Å². The number of nitrogens with zero attached hydrogens (tertiary/aromatic N) is 1. The highest BCUT2D eigenvalue weighted by atomic mass is 16.5. The summed E-state index contributed by atoms with van der Waals surface area (Å²) in [7, 11) is 1.44. The first kappa shape index (κ1) is 13.5. The van der Waals surface area contributed by atoms with E-state index in [9.17, 15) is 4.79 Å². The average molecular weight is 229 g/mol. The third kappa shape index (κ3) is 3.46. The highest BCUT2D eigenvalue weighted by molar-refractivity contribution is 5.75. The van der Waals surface area contributed by atoms with Crippen LogP contribution in [0.4, 0.5) is 0 Å². The highest BCUT2D eigenvalue weighted by Gasteiger charge is 2.30. The number of hydrogen-bond donors (Lipinski definition) is 0. The second-order valence-corrected chi connectivity index (χ2v) is 4.29. The Morgan fingerprint density at radius 2 is 2.19 bits per heavy atom. The number of rotatable bonds is 5. The fraction of sp³-hybridized carbons (Fsp3) is 0.917. The molecule has 1 heterocycles. The summed E-state index contributed by atoms with van der Waals surface area (Å²) in [6.07, 6.45) is 2.31. The Kier molecular flexibility index (Phi) is 5.77. The Bertz CT molecular complexity index is 216. The van der Waals surface area contributed by atoms with Crippen molar-refractivity contribution in [2.24, 2.45) is 5.92 Å². The number of hydrogen-bond acceptors (Lipinski definition) is 4. The summed E-state index contributed by atoms with van der Waals surface area (Å²) in [6.45, 7) is 7.37. The Labute approximate surface area is 97.9 Å². The summed E-state index contributed by atoms with van der Waals surface area (Å²) in [5.74, 6) is 0.482. The highest BCUT2D eigenvalue weighted by Crippen LogP contribution is 2.15. The van der Waals surface area contributed by atoms with Crippen molar-refractivity contribution in [1.29, 1.82) is 0 Å². The Hall–Kier alpha value is -0.610. The number of methoxy groups -OCH3 is 1. The molecule has 0 radical (unpaired) electrons. The first-order valence-electron chi connectivity index (χ1n) is 6.12. The molecule has 1 atom stereocenters. The molecule has 4 heteroatoms. The molecule has 0 aromatic carbocycles. The van der Waals surface area contributed by atoms with E-state index < -0.39 is 0 Å². The molecule has 0 aliphatic carbocycles. The molecule has 1 saturated heterocycles. The van der Waals surface area contributed by atoms with E-state index >= 15 is 0 Å². The van der Waals surface area contributed by atoms with Gasteiger partial charge in [-0.15, -0.1) is 0 Å². The van der Waals surface area contributed by atoms with Crippen LogP contribution in [0.1, 0.15) is 26.7 Å². The lowest BCUT2D eigenvalue weighted by atomic mass is 10.0. The standard InChI is InChI=1S/C12H23NO3/c1-4-10(5-2)8-13-6-7-16-9-11(13)12(14)15-3/h10-11H,4-9H2,1-3H3. The van der Waals surface area contributed by atoms with Crippen LogP contribution in [0.5, 0.6) is 0 Å². The number of ether oxygens (including phenoxy) is 2. The summed E-state index contributed by atoms with van der Waals surface area (Å²) >= 11 is 0. The van der Waals surface area contributed by atoms with Crippen molar-refractivity contribution >= 4 is 5.97 Å². The maximum absolute atomic E-state index is 11.6. The summed E-state index contributed by atoms with van der Waals surface area (Å²) in [6, 6.07) is -0.209. The normalized spacial score (nSPS) is 22.4. The van der Waals surface area contributed by atoms with Crippen LogP contribution in [0.3, 0.4) is 0 Å². The van der Waals surface area contributed by atoms with Crippen LogP contribution in [-0.2, 0) is 14.3 Å².